The highest BCUT2D eigenvalue weighted by atomic mass is 32.1. The Bertz CT molecular complexity index is 561. The first-order valence-electron chi connectivity index (χ1n) is 6.95. The number of nitrogens with zero attached hydrogens (tertiary/aromatic N) is 1. The average Bonchev–Trinajstić information content (AvgIpc) is 2.90. The molecule has 100 valence electrons. The Labute approximate surface area is 119 Å². The van der Waals surface area contributed by atoms with Gasteiger partial charge in [-0.1, -0.05) is 19.1 Å². The lowest BCUT2D eigenvalue weighted by molar-refractivity contribution is 0.645. The van der Waals surface area contributed by atoms with E-state index in [4.69, 9.17) is 0 Å². The molecule has 0 amide bonds. The summed E-state index contributed by atoms with van der Waals surface area (Å²) in [5.41, 5.74) is 2.58. The lowest BCUT2D eigenvalue weighted by atomic mass is 10.1. The predicted molar refractivity (Wildman–Crippen MR) is 84.3 cm³/mol. The molecule has 0 radical (unpaired) electrons. The Hall–Kier alpha value is -1.48. The van der Waals surface area contributed by atoms with Gasteiger partial charge in [-0.05, 0) is 37.6 Å². The van der Waals surface area contributed by atoms with Gasteiger partial charge in [0, 0.05) is 22.3 Å². The third kappa shape index (κ3) is 2.47. The van der Waals surface area contributed by atoms with Crippen molar-refractivity contribution in [3.8, 4) is 0 Å². The van der Waals surface area contributed by atoms with E-state index in [1.807, 2.05) is 11.3 Å². The summed E-state index contributed by atoms with van der Waals surface area (Å²) in [6, 6.07) is 13.7. The molecular weight excluding hydrogens is 252 g/mol. The molecule has 1 N–H and O–H groups in total. The van der Waals surface area contributed by atoms with Crippen molar-refractivity contribution < 1.29 is 0 Å². The second kappa shape index (κ2) is 5.25. The number of anilines is 2. The zero-order chi connectivity index (χ0) is 13.2. The number of aryl methyl sites for hydroxylation is 1. The largest absolute Gasteiger partial charge is 0.381 e. The van der Waals surface area contributed by atoms with Crippen molar-refractivity contribution >= 4 is 22.7 Å². The molecule has 2 heterocycles. The van der Waals surface area contributed by atoms with Crippen LogP contribution in [0.5, 0.6) is 0 Å². The van der Waals surface area contributed by atoms with Crippen molar-refractivity contribution in [3.63, 3.8) is 0 Å². The van der Waals surface area contributed by atoms with E-state index in [0.717, 1.165) is 19.5 Å². The second-order valence-corrected chi connectivity index (χ2v) is 6.35. The lowest BCUT2D eigenvalue weighted by Gasteiger charge is -2.37. The summed E-state index contributed by atoms with van der Waals surface area (Å²) in [5.74, 6) is 0. The van der Waals surface area contributed by atoms with E-state index in [2.05, 4.69) is 60.5 Å². The fourth-order valence-corrected chi connectivity index (χ4v) is 3.54. The highest BCUT2D eigenvalue weighted by Gasteiger charge is 2.22. The Kier molecular flexibility index (Phi) is 3.47. The fraction of sp³-hybridized carbons (Fsp3) is 0.375. The molecule has 0 saturated carbocycles. The molecule has 0 bridgehead atoms. The maximum Gasteiger partial charge on any atom is 0.0608 e. The molecule has 2 nitrogen and oxygen atoms in total. The van der Waals surface area contributed by atoms with E-state index in [0.29, 0.717) is 6.04 Å². The zero-order valence-electron chi connectivity index (χ0n) is 11.5. The lowest BCUT2D eigenvalue weighted by Crippen LogP contribution is -2.41. The summed E-state index contributed by atoms with van der Waals surface area (Å²) in [6.45, 7) is 6.54. The molecule has 1 aliphatic heterocycles. The van der Waals surface area contributed by atoms with Gasteiger partial charge < -0.3 is 10.2 Å². The van der Waals surface area contributed by atoms with E-state index in [1.165, 1.54) is 21.1 Å². The number of nitrogens with one attached hydrogen (secondary N) is 1. The SMILES string of the molecule is CCc1ccc(CN2c3ccccc3NCC2C)s1. The predicted octanol–water partition coefficient (Wildman–Crippen LogP) is 4.13. The van der Waals surface area contributed by atoms with Crippen LogP contribution in [0.4, 0.5) is 11.4 Å². The van der Waals surface area contributed by atoms with Crippen molar-refractivity contribution in [3.05, 3.63) is 46.2 Å². The standard InChI is InChI=1S/C16H20N2S/c1-3-13-8-9-14(19-13)11-18-12(2)10-17-15-6-4-5-7-16(15)18/h4-9,12,17H,3,10-11H2,1-2H3. The quantitative estimate of drug-likeness (QED) is 0.903. The van der Waals surface area contributed by atoms with E-state index >= 15 is 0 Å². The van der Waals surface area contributed by atoms with Crippen LogP contribution in [-0.4, -0.2) is 12.6 Å². The Morgan fingerprint density at radius 2 is 2.00 bits per heavy atom. The zero-order valence-corrected chi connectivity index (χ0v) is 12.3. The number of para-hydroxylation sites is 2. The van der Waals surface area contributed by atoms with Crippen LogP contribution in [-0.2, 0) is 13.0 Å². The summed E-state index contributed by atoms with van der Waals surface area (Å²) in [5, 5.41) is 3.51. The van der Waals surface area contributed by atoms with E-state index < -0.39 is 0 Å². The summed E-state index contributed by atoms with van der Waals surface area (Å²) < 4.78 is 0. The third-order valence-corrected chi connectivity index (χ3v) is 4.94. The molecule has 0 saturated heterocycles. The van der Waals surface area contributed by atoms with Gasteiger partial charge in [-0.3, -0.25) is 0 Å². The summed E-state index contributed by atoms with van der Waals surface area (Å²) in [4.78, 5) is 5.45. The van der Waals surface area contributed by atoms with Gasteiger partial charge in [0.1, 0.15) is 0 Å². The molecule has 0 spiro atoms. The van der Waals surface area contributed by atoms with Crippen LogP contribution in [0.2, 0.25) is 0 Å². The highest BCUT2D eigenvalue weighted by Crippen LogP contribution is 2.33. The molecule has 0 aliphatic carbocycles. The van der Waals surface area contributed by atoms with Gasteiger partial charge in [0.2, 0.25) is 0 Å². The smallest absolute Gasteiger partial charge is 0.0608 e. The average molecular weight is 272 g/mol. The number of hydrogen-bond donors (Lipinski definition) is 1. The molecule has 3 rings (SSSR count). The molecule has 1 aromatic carbocycles. The minimum Gasteiger partial charge on any atom is -0.381 e. The van der Waals surface area contributed by atoms with Crippen molar-refractivity contribution in [2.75, 3.05) is 16.8 Å². The number of benzene rings is 1. The molecule has 1 aromatic heterocycles. The normalized spacial score (nSPS) is 18.0. The van der Waals surface area contributed by atoms with Crippen LogP contribution >= 0.6 is 11.3 Å². The van der Waals surface area contributed by atoms with Crippen LogP contribution in [0.3, 0.4) is 0 Å². The maximum absolute atomic E-state index is 3.51. The molecule has 1 atom stereocenters. The molecule has 0 fully saturated rings. The van der Waals surface area contributed by atoms with Gasteiger partial charge in [-0.15, -0.1) is 11.3 Å². The summed E-state index contributed by atoms with van der Waals surface area (Å²) in [7, 11) is 0. The van der Waals surface area contributed by atoms with Crippen LogP contribution in [0, 0.1) is 0 Å². The van der Waals surface area contributed by atoms with Crippen LogP contribution in [0.15, 0.2) is 36.4 Å². The monoisotopic (exact) mass is 272 g/mol. The molecule has 2 aromatic rings. The fourth-order valence-electron chi connectivity index (χ4n) is 2.59. The van der Waals surface area contributed by atoms with Crippen molar-refractivity contribution in [2.24, 2.45) is 0 Å². The molecule has 3 heteroatoms. The number of rotatable bonds is 3. The molecule has 1 aliphatic rings. The number of thiophene rings is 1. The van der Waals surface area contributed by atoms with Gasteiger partial charge >= 0.3 is 0 Å². The van der Waals surface area contributed by atoms with Gasteiger partial charge in [-0.25, -0.2) is 0 Å². The molecular formula is C16H20N2S. The van der Waals surface area contributed by atoms with Crippen molar-refractivity contribution in [1.82, 2.24) is 0 Å². The van der Waals surface area contributed by atoms with Crippen molar-refractivity contribution in [1.29, 1.82) is 0 Å². The van der Waals surface area contributed by atoms with Gasteiger partial charge in [0.25, 0.3) is 0 Å². The second-order valence-electron chi connectivity index (χ2n) is 5.10. The minimum absolute atomic E-state index is 0.530. The number of hydrogen-bond acceptors (Lipinski definition) is 3. The van der Waals surface area contributed by atoms with Gasteiger partial charge in [0.05, 0.1) is 17.9 Å². The van der Waals surface area contributed by atoms with E-state index in [1.54, 1.807) is 0 Å². The third-order valence-electron chi connectivity index (χ3n) is 3.73. The molecule has 1 unspecified atom stereocenters. The first kappa shape index (κ1) is 12.5. The van der Waals surface area contributed by atoms with E-state index in [-0.39, 0.29) is 0 Å². The topological polar surface area (TPSA) is 15.3 Å². The minimum atomic E-state index is 0.530. The first-order valence-corrected chi connectivity index (χ1v) is 7.76. The Balaban J connectivity index is 1.87. The Morgan fingerprint density at radius 1 is 1.21 bits per heavy atom. The first-order chi connectivity index (χ1) is 9.28. The highest BCUT2D eigenvalue weighted by molar-refractivity contribution is 7.12. The van der Waals surface area contributed by atoms with Crippen LogP contribution in [0.1, 0.15) is 23.6 Å². The summed E-state index contributed by atoms with van der Waals surface area (Å²) >= 11 is 1.94. The van der Waals surface area contributed by atoms with Gasteiger partial charge in [0.15, 0.2) is 0 Å². The summed E-state index contributed by atoms with van der Waals surface area (Å²) in [6.07, 6.45) is 1.14. The van der Waals surface area contributed by atoms with Gasteiger partial charge in [-0.2, -0.15) is 0 Å². The number of fused-ring (bicyclic) bond motifs is 1. The van der Waals surface area contributed by atoms with Crippen LogP contribution in [0.25, 0.3) is 0 Å². The van der Waals surface area contributed by atoms with Crippen LogP contribution < -0.4 is 10.2 Å². The van der Waals surface area contributed by atoms with Crippen molar-refractivity contribution in [2.45, 2.75) is 32.9 Å². The Morgan fingerprint density at radius 3 is 2.79 bits per heavy atom. The molecule has 19 heavy (non-hydrogen) atoms. The maximum atomic E-state index is 3.51. The van der Waals surface area contributed by atoms with E-state index in [9.17, 15) is 0 Å².